The number of benzene rings is 3. The molecule has 0 saturated heterocycles. The highest BCUT2D eigenvalue weighted by Crippen LogP contribution is 2.29. The van der Waals surface area contributed by atoms with Crippen molar-refractivity contribution in [2.75, 3.05) is 17.7 Å². The lowest BCUT2D eigenvalue weighted by Gasteiger charge is -2.14. The first-order valence-electron chi connectivity index (χ1n) is 10.9. The third-order valence-corrected chi connectivity index (χ3v) is 4.98. The van der Waals surface area contributed by atoms with Gasteiger partial charge in [-0.05, 0) is 54.3 Å². The Morgan fingerprint density at radius 3 is 2.34 bits per heavy atom. The average molecular weight is 433 g/mol. The van der Waals surface area contributed by atoms with Gasteiger partial charge in [-0.3, -0.25) is 4.79 Å². The van der Waals surface area contributed by atoms with Gasteiger partial charge in [0, 0.05) is 24.3 Å². The first kappa shape index (κ1) is 23.2. The SMILES string of the molecule is COc1cc(CNc2cccc(NC(=O)CC(C)C)c2)ccc1OCc1ccc(C)cc1. The molecule has 2 N–H and O–H groups in total. The molecule has 0 aromatic heterocycles. The first-order valence-corrected chi connectivity index (χ1v) is 10.9. The van der Waals surface area contributed by atoms with Crippen molar-refractivity contribution in [2.24, 2.45) is 5.92 Å². The van der Waals surface area contributed by atoms with Gasteiger partial charge in [0.15, 0.2) is 11.5 Å². The summed E-state index contributed by atoms with van der Waals surface area (Å²) in [6.07, 6.45) is 0.510. The lowest BCUT2D eigenvalue weighted by Crippen LogP contribution is -2.13. The summed E-state index contributed by atoms with van der Waals surface area (Å²) in [5.74, 6) is 1.77. The summed E-state index contributed by atoms with van der Waals surface area (Å²) in [6, 6.07) is 22.0. The number of hydrogen-bond donors (Lipinski definition) is 2. The van der Waals surface area contributed by atoms with Crippen LogP contribution in [0.15, 0.2) is 66.7 Å². The Balaban J connectivity index is 1.59. The molecule has 0 radical (unpaired) electrons. The van der Waals surface area contributed by atoms with Crippen LogP contribution in [0.1, 0.15) is 37.0 Å². The standard InChI is InChI=1S/C27H32N2O3/c1-19(2)14-27(30)29-24-7-5-6-23(16-24)28-17-22-12-13-25(26(15-22)31-4)32-18-21-10-8-20(3)9-11-21/h5-13,15-16,19,28H,14,17-18H2,1-4H3,(H,29,30). The minimum absolute atomic E-state index is 0.0307. The monoisotopic (exact) mass is 432 g/mol. The molecular weight excluding hydrogens is 400 g/mol. The summed E-state index contributed by atoms with van der Waals surface area (Å²) in [6.45, 7) is 7.25. The normalized spacial score (nSPS) is 10.7. The summed E-state index contributed by atoms with van der Waals surface area (Å²) >= 11 is 0. The molecule has 32 heavy (non-hydrogen) atoms. The van der Waals surface area contributed by atoms with Gasteiger partial charge in [0.05, 0.1) is 7.11 Å². The number of ether oxygens (including phenoxy) is 2. The lowest BCUT2D eigenvalue weighted by atomic mass is 10.1. The first-order chi connectivity index (χ1) is 15.4. The van der Waals surface area contributed by atoms with E-state index in [9.17, 15) is 4.79 Å². The molecule has 0 aliphatic carbocycles. The van der Waals surface area contributed by atoms with Gasteiger partial charge in [-0.25, -0.2) is 0 Å². The van der Waals surface area contributed by atoms with Gasteiger partial charge in [-0.1, -0.05) is 55.8 Å². The van der Waals surface area contributed by atoms with Crippen molar-refractivity contribution >= 4 is 17.3 Å². The summed E-state index contributed by atoms with van der Waals surface area (Å²) in [5, 5.41) is 6.35. The van der Waals surface area contributed by atoms with Crippen LogP contribution in [0.4, 0.5) is 11.4 Å². The average Bonchev–Trinajstić information content (AvgIpc) is 2.77. The molecule has 3 aromatic rings. The van der Waals surface area contributed by atoms with Crippen molar-refractivity contribution in [2.45, 2.75) is 40.3 Å². The number of amides is 1. The van der Waals surface area contributed by atoms with E-state index in [1.807, 2.05) is 56.3 Å². The number of hydrogen-bond acceptors (Lipinski definition) is 4. The molecule has 0 aliphatic rings. The number of nitrogens with one attached hydrogen (secondary N) is 2. The Hall–Kier alpha value is -3.47. The zero-order chi connectivity index (χ0) is 22.9. The number of aryl methyl sites for hydroxylation is 1. The Kier molecular flexibility index (Phi) is 8.14. The molecule has 0 heterocycles. The van der Waals surface area contributed by atoms with Gasteiger partial charge in [-0.15, -0.1) is 0 Å². The molecule has 0 saturated carbocycles. The van der Waals surface area contributed by atoms with Crippen molar-refractivity contribution in [3.8, 4) is 11.5 Å². The molecule has 3 rings (SSSR count). The molecule has 0 spiro atoms. The summed E-state index contributed by atoms with van der Waals surface area (Å²) in [5.41, 5.74) is 5.14. The molecule has 5 heteroatoms. The van der Waals surface area contributed by atoms with Crippen LogP contribution in [0.2, 0.25) is 0 Å². The zero-order valence-electron chi connectivity index (χ0n) is 19.3. The highest BCUT2D eigenvalue weighted by Gasteiger charge is 2.08. The minimum Gasteiger partial charge on any atom is -0.493 e. The van der Waals surface area contributed by atoms with Crippen LogP contribution in [-0.4, -0.2) is 13.0 Å². The molecular formula is C27H32N2O3. The highest BCUT2D eigenvalue weighted by atomic mass is 16.5. The van der Waals surface area contributed by atoms with Crippen LogP contribution < -0.4 is 20.1 Å². The topological polar surface area (TPSA) is 59.6 Å². The molecule has 0 unspecified atom stereocenters. The number of carbonyl (C=O) groups is 1. The quantitative estimate of drug-likeness (QED) is 0.402. The second kappa shape index (κ2) is 11.2. The van der Waals surface area contributed by atoms with Crippen molar-refractivity contribution in [3.63, 3.8) is 0 Å². The Morgan fingerprint density at radius 1 is 0.906 bits per heavy atom. The predicted molar refractivity (Wildman–Crippen MR) is 130 cm³/mol. The minimum atomic E-state index is 0.0307. The maximum Gasteiger partial charge on any atom is 0.224 e. The fourth-order valence-corrected chi connectivity index (χ4v) is 3.28. The van der Waals surface area contributed by atoms with Crippen LogP contribution in [0, 0.1) is 12.8 Å². The summed E-state index contributed by atoms with van der Waals surface area (Å²) in [4.78, 5) is 12.0. The maximum atomic E-state index is 12.0. The molecule has 168 valence electrons. The number of carbonyl (C=O) groups excluding carboxylic acids is 1. The van der Waals surface area contributed by atoms with Crippen LogP contribution in [0.3, 0.4) is 0 Å². The van der Waals surface area contributed by atoms with E-state index in [1.54, 1.807) is 7.11 Å². The van der Waals surface area contributed by atoms with Crippen molar-refractivity contribution in [1.82, 2.24) is 0 Å². The van der Waals surface area contributed by atoms with E-state index >= 15 is 0 Å². The molecule has 3 aromatic carbocycles. The van der Waals surface area contributed by atoms with Crippen LogP contribution in [-0.2, 0) is 17.9 Å². The van der Waals surface area contributed by atoms with Crippen LogP contribution in [0.25, 0.3) is 0 Å². The lowest BCUT2D eigenvalue weighted by molar-refractivity contribution is -0.116. The highest BCUT2D eigenvalue weighted by molar-refractivity contribution is 5.91. The fourth-order valence-electron chi connectivity index (χ4n) is 3.28. The summed E-state index contributed by atoms with van der Waals surface area (Å²) in [7, 11) is 1.65. The van der Waals surface area contributed by atoms with Crippen molar-refractivity contribution in [1.29, 1.82) is 0 Å². The molecule has 1 amide bonds. The molecule has 0 aliphatic heterocycles. The van der Waals surface area contributed by atoms with E-state index in [0.717, 1.165) is 22.5 Å². The second-order valence-electron chi connectivity index (χ2n) is 8.34. The van der Waals surface area contributed by atoms with E-state index in [2.05, 4.69) is 41.8 Å². The fraction of sp³-hybridized carbons (Fsp3) is 0.296. The van der Waals surface area contributed by atoms with E-state index in [1.165, 1.54) is 5.56 Å². The van der Waals surface area contributed by atoms with E-state index in [0.29, 0.717) is 37.0 Å². The molecule has 5 nitrogen and oxygen atoms in total. The number of methoxy groups -OCH3 is 1. The van der Waals surface area contributed by atoms with Crippen molar-refractivity contribution < 1.29 is 14.3 Å². The van der Waals surface area contributed by atoms with Gasteiger partial charge in [-0.2, -0.15) is 0 Å². The van der Waals surface area contributed by atoms with E-state index in [-0.39, 0.29) is 5.91 Å². The maximum absolute atomic E-state index is 12.0. The van der Waals surface area contributed by atoms with Gasteiger partial charge in [0.1, 0.15) is 6.61 Å². The van der Waals surface area contributed by atoms with Gasteiger partial charge in [0.25, 0.3) is 0 Å². The second-order valence-corrected chi connectivity index (χ2v) is 8.34. The van der Waals surface area contributed by atoms with Crippen LogP contribution >= 0.6 is 0 Å². The predicted octanol–water partition coefficient (Wildman–Crippen LogP) is 6.18. The van der Waals surface area contributed by atoms with E-state index < -0.39 is 0 Å². The molecule has 0 atom stereocenters. The zero-order valence-corrected chi connectivity index (χ0v) is 19.3. The smallest absolute Gasteiger partial charge is 0.224 e. The Morgan fingerprint density at radius 2 is 1.62 bits per heavy atom. The molecule has 0 fully saturated rings. The Labute approximate surface area is 190 Å². The largest absolute Gasteiger partial charge is 0.493 e. The van der Waals surface area contributed by atoms with Gasteiger partial charge < -0.3 is 20.1 Å². The number of rotatable bonds is 10. The molecule has 0 bridgehead atoms. The summed E-state index contributed by atoms with van der Waals surface area (Å²) < 4.78 is 11.5. The van der Waals surface area contributed by atoms with Gasteiger partial charge in [0.2, 0.25) is 5.91 Å². The third-order valence-electron chi connectivity index (χ3n) is 4.98. The van der Waals surface area contributed by atoms with Gasteiger partial charge >= 0.3 is 0 Å². The van der Waals surface area contributed by atoms with E-state index in [4.69, 9.17) is 9.47 Å². The number of anilines is 2. The van der Waals surface area contributed by atoms with Crippen LogP contribution in [0.5, 0.6) is 11.5 Å². The third kappa shape index (κ3) is 7.05. The Bertz CT molecular complexity index is 1030. The van der Waals surface area contributed by atoms with Crippen molar-refractivity contribution in [3.05, 3.63) is 83.4 Å².